The van der Waals surface area contributed by atoms with E-state index in [1.165, 1.54) is 10.9 Å². The minimum Gasteiger partial charge on any atom is -0.374 e. The number of nitrogens with zero attached hydrogens (tertiary/aromatic N) is 3. The molecule has 0 spiro atoms. The molecule has 1 fully saturated rings. The van der Waals surface area contributed by atoms with Crippen LogP contribution in [0.2, 0.25) is 0 Å². The zero-order chi connectivity index (χ0) is 21.1. The van der Waals surface area contributed by atoms with Gasteiger partial charge in [-0.05, 0) is 56.8 Å². The van der Waals surface area contributed by atoms with Crippen LogP contribution in [0.4, 0.5) is 5.69 Å². The quantitative estimate of drug-likeness (QED) is 0.673. The number of benzene rings is 2. The van der Waals surface area contributed by atoms with Crippen LogP contribution in [0.15, 0.2) is 60.8 Å². The van der Waals surface area contributed by atoms with Crippen LogP contribution in [0.1, 0.15) is 24.8 Å². The van der Waals surface area contributed by atoms with E-state index in [2.05, 4.69) is 90.5 Å². The molecule has 4 rings (SSSR count). The molecule has 2 heterocycles. The summed E-state index contributed by atoms with van der Waals surface area (Å²) in [6.45, 7) is 2.35. The number of carbonyl (C=O) groups excluding carboxylic acids is 1. The Morgan fingerprint density at radius 3 is 2.47 bits per heavy atom. The van der Waals surface area contributed by atoms with Crippen LogP contribution in [-0.2, 0) is 10.3 Å². The summed E-state index contributed by atoms with van der Waals surface area (Å²) in [5.41, 5.74) is 3.64. The molecule has 1 aliphatic heterocycles. The van der Waals surface area contributed by atoms with Crippen molar-refractivity contribution in [3.63, 3.8) is 0 Å². The Bertz CT molecular complexity index is 987. The average Bonchev–Trinajstić information content (AvgIpc) is 3.25. The second-order valence-electron chi connectivity index (χ2n) is 8.59. The maximum absolute atomic E-state index is 12.9. The molecule has 2 aromatic carbocycles. The lowest BCUT2D eigenvalue weighted by Crippen LogP contribution is -2.52. The van der Waals surface area contributed by atoms with Gasteiger partial charge in [0.05, 0.1) is 0 Å². The van der Waals surface area contributed by atoms with Crippen molar-refractivity contribution in [2.45, 2.75) is 24.8 Å². The molecule has 0 bridgehead atoms. The molecule has 0 atom stereocenters. The maximum Gasteiger partial charge on any atom is 0.224 e. The molecule has 1 aromatic heterocycles. The third kappa shape index (κ3) is 3.94. The Morgan fingerprint density at radius 1 is 1.03 bits per heavy atom. The van der Waals surface area contributed by atoms with Crippen molar-refractivity contribution in [2.24, 2.45) is 0 Å². The second-order valence-corrected chi connectivity index (χ2v) is 8.59. The highest BCUT2D eigenvalue weighted by molar-refractivity contribution is 5.83. The molecule has 0 unspecified atom stereocenters. The average molecular weight is 405 g/mol. The lowest BCUT2D eigenvalue weighted by atomic mass is 9.79. The number of amides is 1. The van der Waals surface area contributed by atoms with Gasteiger partial charge >= 0.3 is 0 Å². The lowest BCUT2D eigenvalue weighted by molar-refractivity contribution is -0.133. The van der Waals surface area contributed by atoms with Crippen LogP contribution in [0.3, 0.4) is 0 Å². The Kier molecular flexibility index (Phi) is 5.82. The number of aromatic amines is 1. The Balaban J connectivity index is 1.35. The Morgan fingerprint density at radius 2 is 1.77 bits per heavy atom. The van der Waals surface area contributed by atoms with Gasteiger partial charge in [0.1, 0.15) is 0 Å². The molecule has 158 valence electrons. The fourth-order valence-corrected chi connectivity index (χ4v) is 4.70. The highest BCUT2D eigenvalue weighted by Gasteiger charge is 2.39. The Hall–Kier alpha value is -2.79. The van der Waals surface area contributed by atoms with Crippen molar-refractivity contribution in [3.05, 3.63) is 66.4 Å². The zero-order valence-electron chi connectivity index (χ0n) is 18.3. The van der Waals surface area contributed by atoms with Crippen molar-refractivity contribution in [1.82, 2.24) is 14.8 Å². The van der Waals surface area contributed by atoms with E-state index in [-0.39, 0.29) is 11.4 Å². The summed E-state index contributed by atoms with van der Waals surface area (Å²) in [7, 11) is 6.37. The summed E-state index contributed by atoms with van der Waals surface area (Å²) in [6.07, 6.45) is 4.44. The van der Waals surface area contributed by atoms with Gasteiger partial charge in [-0.1, -0.05) is 30.3 Å². The third-order valence-electron chi connectivity index (χ3n) is 6.75. The van der Waals surface area contributed by atoms with E-state index < -0.39 is 0 Å². The van der Waals surface area contributed by atoms with Crippen LogP contribution in [0.5, 0.6) is 0 Å². The molecular formula is C25H32N4O. The zero-order valence-corrected chi connectivity index (χ0v) is 18.3. The molecular weight excluding hydrogens is 372 g/mol. The van der Waals surface area contributed by atoms with E-state index in [4.69, 9.17) is 0 Å². The van der Waals surface area contributed by atoms with Gasteiger partial charge in [-0.2, -0.15) is 0 Å². The van der Waals surface area contributed by atoms with Crippen LogP contribution in [0, 0.1) is 0 Å². The SMILES string of the molecule is CN(CCC(=O)N1CCC(c2ccccc2)(N(C)C)CC1)c1ccc2[nH]ccc2c1. The van der Waals surface area contributed by atoms with Gasteiger partial charge in [0, 0.05) is 61.4 Å². The number of anilines is 1. The molecule has 5 nitrogen and oxygen atoms in total. The van der Waals surface area contributed by atoms with Gasteiger partial charge in [-0.15, -0.1) is 0 Å². The van der Waals surface area contributed by atoms with E-state index in [1.54, 1.807) is 0 Å². The predicted octanol–water partition coefficient (Wildman–Crippen LogP) is 4.07. The van der Waals surface area contributed by atoms with Crippen LogP contribution in [0.25, 0.3) is 10.9 Å². The normalized spacial score (nSPS) is 16.2. The van der Waals surface area contributed by atoms with Crippen molar-refractivity contribution in [3.8, 4) is 0 Å². The number of nitrogens with one attached hydrogen (secondary N) is 1. The highest BCUT2D eigenvalue weighted by Crippen LogP contribution is 2.37. The summed E-state index contributed by atoms with van der Waals surface area (Å²) < 4.78 is 0. The number of H-pyrrole nitrogens is 1. The molecule has 1 saturated heterocycles. The molecule has 0 aliphatic carbocycles. The fraction of sp³-hybridized carbons (Fsp3) is 0.400. The molecule has 1 aliphatic rings. The third-order valence-corrected chi connectivity index (χ3v) is 6.75. The van der Waals surface area contributed by atoms with Gasteiger partial charge < -0.3 is 14.8 Å². The van der Waals surface area contributed by atoms with Gasteiger partial charge in [0.15, 0.2) is 0 Å². The number of piperidine rings is 1. The smallest absolute Gasteiger partial charge is 0.224 e. The van der Waals surface area contributed by atoms with Crippen LogP contribution in [-0.4, -0.2) is 61.5 Å². The van der Waals surface area contributed by atoms with Crippen molar-refractivity contribution < 1.29 is 4.79 Å². The summed E-state index contributed by atoms with van der Waals surface area (Å²) in [4.78, 5) is 22.7. The first kappa shape index (κ1) is 20.5. The highest BCUT2D eigenvalue weighted by atomic mass is 16.2. The molecule has 1 N–H and O–H groups in total. The number of likely N-dealkylation sites (tertiary alicyclic amines) is 1. The molecule has 3 aromatic rings. The number of aromatic nitrogens is 1. The van der Waals surface area contributed by atoms with E-state index in [0.717, 1.165) is 43.7 Å². The first-order chi connectivity index (χ1) is 14.5. The number of hydrogen-bond acceptors (Lipinski definition) is 3. The number of hydrogen-bond donors (Lipinski definition) is 1. The molecule has 0 saturated carbocycles. The van der Waals surface area contributed by atoms with Gasteiger partial charge in [-0.3, -0.25) is 9.69 Å². The maximum atomic E-state index is 12.9. The van der Waals surface area contributed by atoms with Gasteiger partial charge in [0.25, 0.3) is 0 Å². The summed E-state index contributed by atoms with van der Waals surface area (Å²) in [5.74, 6) is 0.255. The number of fused-ring (bicyclic) bond motifs is 1. The van der Waals surface area contributed by atoms with Crippen molar-refractivity contribution in [2.75, 3.05) is 45.7 Å². The van der Waals surface area contributed by atoms with E-state index in [1.807, 2.05) is 11.1 Å². The minimum absolute atomic E-state index is 0.0147. The predicted molar refractivity (Wildman–Crippen MR) is 124 cm³/mol. The topological polar surface area (TPSA) is 42.6 Å². The van der Waals surface area contributed by atoms with Crippen molar-refractivity contribution >= 4 is 22.5 Å². The van der Waals surface area contributed by atoms with Gasteiger partial charge in [0.2, 0.25) is 5.91 Å². The molecule has 0 radical (unpaired) electrons. The summed E-state index contributed by atoms with van der Waals surface area (Å²) in [5, 5.41) is 1.20. The van der Waals surface area contributed by atoms with Crippen molar-refractivity contribution in [1.29, 1.82) is 0 Å². The van der Waals surface area contributed by atoms with Crippen LogP contribution >= 0.6 is 0 Å². The second kappa shape index (κ2) is 8.52. The fourth-order valence-electron chi connectivity index (χ4n) is 4.70. The lowest BCUT2D eigenvalue weighted by Gasteiger charge is -2.46. The van der Waals surface area contributed by atoms with E-state index in [9.17, 15) is 4.79 Å². The van der Waals surface area contributed by atoms with Crippen LogP contribution < -0.4 is 4.90 Å². The standard InChI is InChI=1S/C25H32N4O/c1-27(2)25(21-7-5-4-6-8-21)13-17-29(18-14-25)24(30)12-16-28(3)22-9-10-23-20(19-22)11-15-26-23/h4-11,15,19,26H,12-14,16-18H2,1-3H3. The number of rotatable bonds is 6. The first-order valence-corrected chi connectivity index (χ1v) is 10.8. The van der Waals surface area contributed by atoms with E-state index >= 15 is 0 Å². The molecule has 1 amide bonds. The monoisotopic (exact) mass is 404 g/mol. The first-order valence-electron chi connectivity index (χ1n) is 10.8. The van der Waals surface area contributed by atoms with Gasteiger partial charge in [-0.25, -0.2) is 0 Å². The summed E-state index contributed by atoms with van der Waals surface area (Å²) >= 11 is 0. The summed E-state index contributed by atoms with van der Waals surface area (Å²) in [6, 6.07) is 19.2. The minimum atomic E-state index is 0.0147. The molecule has 5 heteroatoms. The van der Waals surface area contributed by atoms with E-state index in [0.29, 0.717) is 6.42 Å². The largest absolute Gasteiger partial charge is 0.374 e. The number of carbonyl (C=O) groups is 1. The molecule has 30 heavy (non-hydrogen) atoms. The Labute approximate surface area is 179 Å².